The van der Waals surface area contributed by atoms with E-state index in [4.69, 9.17) is 4.52 Å². The van der Waals surface area contributed by atoms with Gasteiger partial charge in [-0.05, 0) is 19.9 Å². The van der Waals surface area contributed by atoms with Crippen molar-refractivity contribution in [2.24, 2.45) is 0 Å². The molecule has 1 saturated carbocycles. The number of rotatable bonds is 4. The van der Waals surface area contributed by atoms with Crippen molar-refractivity contribution in [2.75, 3.05) is 7.05 Å². The Balaban J connectivity index is 1.92. The van der Waals surface area contributed by atoms with Crippen LogP contribution in [0.25, 0.3) is 0 Å². The lowest BCUT2D eigenvalue weighted by Gasteiger charge is -2.21. The molecule has 0 radical (unpaired) electrons. The second-order valence-corrected chi connectivity index (χ2v) is 5.05. The molecule has 16 heavy (non-hydrogen) atoms. The van der Waals surface area contributed by atoms with Gasteiger partial charge in [0.25, 0.3) is 0 Å². The van der Waals surface area contributed by atoms with Crippen LogP contribution < -0.4 is 0 Å². The first-order valence-electron chi connectivity index (χ1n) is 6.19. The minimum absolute atomic E-state index is 0.342. The van der Waals surface area contributed by atoms with Crippen molar-refractivity contribution >= 4 is 0 Å². The van der Waals surface area contributed by atoms with E-state index in [1.54, 1.807) is 0 Å². The van der Waals surface area contributed by atoms with E-state index in [2.05, 4.69) is 35.9 Å². The van der Waals surface area contributed by atoms with E-state index in [1.165, 1.54) is 25.7 Å². The third-order valence-corrected chi connectivity index (χ3v) is 3.33. The third kappa shape index (κ3) is 2.61. The molecular weight excluding hydrogens is 202 g/mol. The Bertz CT molecular complexity index is 329. The highest BCUT2D eigenvalue weighted by Crippen LogP contribution is 2.23. The fraction of sp³-hybridized carbons (Fsp3) is 0.833. The van der Waals surface area contributed by atoms with E-state index in [9.17, 15) is 0 Å². The summed E-state index contributed by atoms with van der Waals surface area (Å²) in [7, 11) is 2.15. The molecule has 1 aliphatic carbocycles. The zero-order valence-electron chi connectivity index (χ0n) is 10.4. The summed E-state index contributed by atoms with van der Waals surface area (Å²) in [5.74, 6) is 1.90. The molecule has 0 bridgehead atoms. The summed E-state index contributed by atoms with van der Waals surface area (Å²) in [6.45, 7) is 4.94. The Morgan fingerprint density at radius 3 is 2.62 bits per heavy atom. The van der Waals surface area contributed by atoms with Crippen molar-refractivity contribution in [3.63, 3.8) is 0 Å². The molecule has 0 amide bonds. The van der Waals surface area contributed by atoms with Gasteiger partial charge < -0.3 is 4.52 Å². The molecule has 90 valence electrons. The predicted octanol–water partition coefficient (Wildman–Crippen LogP) is 2.57. The minimum atomic E-state index is 0.342. The molecule has 0 unspecified atom stereocenters. The summed E-state index contributed by atoms with van der Waals surface area (Å²) in [6, 6.07) is 0.703. The van der Waals surface area contributed by atoms with Crippen LogP contribution in [-0.4, -0.2) is 28.1 Å². The molecular formula is C12H21N3O. The average molecular weight is 223 g/mol. The second-order valence-electron chi connectivity index (χ2n) is 5.05. The maximum absolute atomic E-state index is 5.25. The fourth-order valence-electron chi connectivity index (χ4n) is 2.25. The lowest BCUT2D eigenvalue weighted by Crippen LogP contribution is -2.28. The fourth-order valence-corrected chi connectivity index (χ4v) is 2.25. The van der Waals surface area contributed by atoms with Gasteiger partial charge in [-0.15, -0.1) is 0 Å². The molecule has 0 aliphatic heterocycles. The molecule has 2 rings (SSSR count). The zero-order chi connectivity index (χ0) is 11.5. The van der Waals surface area contributed by atoms with Crippen LogP contribution in [0, 0.1) is 0 Å². The SMILES string of the molecule is CC(C)c1noc(CN(C)C2CCCC2)n1. The molecule has 1 aromatic heterocycles. The Labute approximate surface area is 97.0 Å². The average Bonchev–Trinajstić information content (AvgIpc) is 2.87. The summed E-state index contributed by atoms with van der Waals surface area (Å²) < 4.78 is 5.25. The first-order valence-corrected chi connectivity index (χ1v) is 6.19. The van der Waals surface area contributed by atoms with Gasteiger partial charge in [0.2, 0.25) is 5.89 Å². The highest BCUT2D eigenvalue weighted by atomic mass is 16.5. The molecule has 1 fully saturated rings. The van der Waals surface area contributed by atoms with Gasteiger partial charge in [0.05, 0.1) is 6.54 Å². The van der Waals surface area contributed by atoms with Crippen molar-refractivity contribution in [3.05, 3.63) is 11.7 Å². The van der Waals surface area contributed by atoms with Crippen LogP contribution in [0.15, 0.2) is 4.52 Å². The largest absolute Gasteiger partial charge is 0.338 e. The van der Waals surface area contributed by atoms with Crippen LogP contribution in [0.4, 0.5) is 0 Å². The molecule has 0 N–H and O–H groups in total. The maximum Gasteiger partial charge on any atom is 0.240 e. The van der Waals surface area contributed by atoms with Crippen molar-refractivity contribution in [1.82, 2.24) is 15.0 Å². The van der Waals surface area contributed by atoms with Gasteiger partial charge in [-0.2, -0.15) is 4.98 Å². The van der Waals surface area contributed by atoms with Crippen LogP contribution in [0.5, 0.6) is 0 Å². The molecule has 0 aromatic carbocycles. The van der Waals surface area contributed by atoms with Gasteiger partial charge in [-0.25, -0.2) is 0 Å². The summed E-state index contributed by atoms with van der Waals surface area (Å²) in [5.41, 5.74) is 0. The summed E-state index contributed by atoms with van der Waals surface area (Å²) >= 11 is 0. The minimum Gasteiger partial charge on any atom is -0.338 e. The molecule has 1 aromatic rings. The van der Waals surface area contributed by atoms with Crippen molar-refractivity contribution < 1.29 is 4.52 Å². The van der Waals surface area contributed by atoms with Crippen LogP contribution >= 0.6 is 0 Å². The van der Waals surface area contributed by atoms with Gasteiger partial charge in [-0.1, -0.05) is 31.8 Å². The van der Waals surface area contributed by atoms with Crippen LogP contribution in [0.2, 0.25) is 0 Å². The zero-order valence-corrected chi connectivity index (χ0v) is 10.4. The van der Waals surface area contributed by atoms with Gasteiger partial charge in [-0.3, -0.25) is 4.90 Å². The lowest BCUT2D eigenvalue weighted by atomic mass is 10.2. The number of nitrogens with zero attached hydrogens (tertiary/aromatic N) is 3. The van der Waals surface area contributed by atoms with Gasteiger partial charge >= 0.3 is 0 Å². The summed E-state index contributed by atoms with van der Waals surface area (Å²) in [4.78, 5) is 6.74. The van der Waals surface area contributed by atoms with Gasteiger partial charge in [0, 0.05) is 12.0 Å². The van der Waals surface area contributed by atoms with Gasteiger partial charge in [0.15, 0.2) is 5.82 Å². The molecule has 0 saturated heterocycles. The van der Waals surface area contributed by atoms with Crippen molar-refractivity contribution in [1.29, 1.82) is 0 Å². The monoisotopic (exact) mass is 223 g/mol. The smallest absolute Gasteiger partial charge is 0.240 e. The van der Waals surface area contributed by atoms with E-state index in [0.29, 0.717) is 12.0 Å². The highest BCUT2D eigenvalue weighted by Gasteiger charge is 2.21. The molecule has 0 atom stereocenters. The standard InChI is InChI=1S/C12H21N3O/c1-9(2)12-13-11(16-14-12)8-15(3)10-6-4-5-7-10/h9-10H,4-8H2,1-3H3. The molecule has 4 nitrogen and oxygen atoms in total. The van der Waals surface area contributed by atoms with E-state index in [0.717, 1.165) is 18.3 Å². The Morgan fingerprint density at radius 2 is 2.06 bits per heavy atom. The van der Waals surface area contributed by atoms with E-state index < -0.39 is 0 Å². The Kier molecular flexibility index (Phi) is 3.59. The van der Waals surface area contributed by atoms with Crippen LogP contribution in [-0.2, 0) is 6.54 Å². The topological polar surface area (TPSA) is 42.2 Å². The Morgan fingerprint density at radius 1 is 1.38 bits per heavy atom. The van der Waals surface area contributed by atoms with E-state index in [-0.39, 0.29) is 0 Å². The predicted molar refractivity (Wildman–Crippen MR) is 62.1 cm³/mol. The molecule has 4 heteroatoms. The normalized spacial score (nSPS) is 17.8. The molecule has 1 heterocycles. The van der Waals surface area contributed by atoms with Gasteiger partial charge in [0.1, 0.15) is 0 Å². The van der Waals surface area contributed by atoms with Crippen molar-refractivity contribution in [2.45, 2.75) is 58.0 Å². The summed E-state index contributed by atoms with van der Waals surface area (Å²) in [6.07, 6.45) is 5.33. The van der Waals surface area contributed by atoms with Crippen LogP contribution in [0.1, 0.15) is 57.2 Å². The third-order valence-electron chi connectivity index (χ3n) is 3.33. The lowest BCUT2D eigenvalue weighted by molar-refractivity contribution is 0.205. The number of hydrogen-bond acceptors (Lipinski definition) is 4. The highest BCUT2D eigenvalue weighted by molar-refractivity contribution is 4.92. The Hall–Kier alpha value is -0.900. The molecule has 0 spiro atoms. The van der Waals surface area contributed by atoms with E-state index >= 15 is 0 Å². The maximum atomic E-state index is 5.25. The number of aromatic nitrogens is 2. The second kappa shape index (κ2) is 4.95. The first-order chi connectivity index (χ1) is 7.66. The summed E-state index contributed by atoms with van der Waals surface area (Å²) in [5, 5.41) is 3.98. The molecule has 1 aliphatic rings. The van der Waals surface area contributed by atoms with Crippen LogP contribution in [0.3, 0.4) is 0 Å². The van der Waals surface area contributed by atoms with E-state index in [1.807, 2.05) is 0 Å². The first kappa shape index (κ1) is 11.6. The quantitative estimate of drug-likeness (QED) is 0.786. The number of hydrogen-bond donors (Lipinski definition) is 0. The van der Waals surface area contributed by atoms with Crippen molar-refractivity contribution in [3.8, 4) is 0 Å².